The molecule has 0 spiro atoms. The highest BCUT2D eigenvalue weighted by Crippen LogP contribution is 2.25. The standard InChI is InChI=1S/C9H9F4NO.ClH/c1-3(15)9(14)6-7(12)4(10)2-5(11)8(6)13;/h2-3,9,15H,14H2,1H3;1H/t3-,9-;/m0./s1. The Balaban J connectivity index is 0.00000225. The Labute approximate surface area is 95.5 Å². The Morgan fingerprint density at radius 2 is 1.50 bits per heavy atom. The Morgan fingerprint density at radius 3 is 1.81 bits per heavy atom. The van der Waals surface area contributed by atoms with Crippen molar-refractivity contribution < 1.29 is 22.7 Å². The zero-order valence-corrected chi connectivity index (χ0v) is 8.99. The maximum absolute atomic E-state index is 13.1. The van der Waals surface area contributed by atoms with Crippen LogP contribution < -0.4 is 5.73 Å². The molecule has 16 heavy (non-hydrogen) atoms. The molecule has 0 radical (unpaired) electrons. The first kappa shape index (κ1) is 15.2. The van der Waals surface area contributed by atoms with E-state index in [1.54, 1.807) is 0 Å². The molecule has 0 saturated carbocycles. The van der Waals surface area contributed by atoms with Crippen molar-refractivity contribution in [2.24, 2.45) is 5.73 Å². The minimum absolute atomic E-state index is 0. The van der Waals surface area contributed by atoms with E-state index in [1.807, 2.05) is 0 Å². The van der Waals surface area contributed by atoms with E-state index in [2.05, 4.69) is 0 Å². The van der Waals surface area contributed by atoms with Gasteiger partial charge in [-0.05, 0) is 6.92 Å². The lowest BCUT2D eigenvalue weighted by Crippen LogP contribution is -2.26. The number of halogens is 5. The summed E-state index contributed by atoms with van der Waals surface area (Å²) in [7, 11) is 0. The summed E-state index contributed by atoms with van der Waals surface area (Å²) < 4.78 is 51.6. The topological polar surface area (TPSA) is 46.2 Å². The van der Waals surface area contributed by atoms with E-state index in [0.29, 0.717) is 0 Å². The van der Waals surface area contributed by atoms with E-state index in [-0.39, 0.29) is 18.5 Å². The number of rotatable bonds is 2. The van der Waals surface area contributed by atoms with Crippen molar-refractivity contribution in [3.63, 3.8) is 0 Å². The Hall–Kier alpha value is -0.850. The normalized spacial score (nSPS) is 14.2. The van der Waals surface area contributed by atoms with Crippen molar-refractivity contribution in [1.82, 2.24) is 0 Å². The summed E-state index contributed by atoms with van der Waals surface area (Å²) in [5, 5.41) is 9.00. The Bertz CT molecular complexity index is 360. The van der Waals surface area contributed by atoms with E-state index >= 15 is 0 Å². The molecule has 0 unspecified atom stereocenters. The largest absolute Gasteiger partial charge is 0.391 e. The van der Waals surface area contributed by atoms with Gasteiger partial charge in [0.05, 0.1) is 12.1 Å². The van der Waals surface area contributed by atoms with Crippen LogP contribution in [0, 0.1) is 23.3 Å². The molecular weight excluding hydrogens is 250 g/mol. The maximum atomic E-state index is 13.1. The predicted octanol–water partition coefficient (Wildman–Crippen LogP) is 2.05. The molecule has 1 aromatic carbocycles. The summed E-state index contributed by atoms with van der Waals surface area (Å²) in [4.78, 5) is 0. The second kappa shape index (κ2) is 5.47. The molecule has 7 heteroatoms. The minimum atomic E-state index is -1.58. The highest BCUT2D eigenvalue weighted by atomic mass is 35.5. The molecule has 1 aromatic rings. The molecule has 0 aliphatic carbocycles. The highest BCUT2D eigenvalue weighted by Gasteiger charge is 2.26. The molecule has 3 N–H and O–H groups in total. The van der Waals surface area contributed by atoms with Gasteiger partial charge >= 0.3 is 0 Å². The van der Waals surface area contributed by atoms with Crippen molar-refractivity contribution in [1.29, 1.82) is 0 Å². The van der Waals surface area contributed by atoms with Crippen molar-refractivity contribution in [2.45, 2.75) is 19.1 Å². The molecule has 0 saturated heterocycles. The lowest BCUT2D eigenvalue weighted by atomic mass is 10.0. The zero-order chi connectivity index (χ0) is 11.7. The molecule has 0 heterocycles. The SMILES string of the molecule is C[C@H](O)[C@H](N)c1c(F)c(F)cc(F)c1F.Cl. The zero-order valence-electron chi connectivity index (χ0n) is 8.18. The predicted molar refractivity (Wildman–Crippen MR) is 52.1 cm³/mol. The van der Waals surface area contributed by atoms with Gasteiger partial charge in [-0.2, -0.15) is 0 Å². The van der Waals surface area contributed by atoms with Crippen LogP contribution in [0.2, 0.25) is 0 Å². The van der Waals surface area contributed by atoms with Gasteiger partial charge in [0, 0.05) is 11.6 Å². The van der Waals surface area contributed by atoms with Gasteiger partial charge in [0.2, 0.25) is 0 Å². The van der Waals surface area contributed by atoms with Crippen LogP contribution >= 0.6 is 12.4 Å². The van der Waals surface area contributed by atoms with Crippen molar-refractivity contribution in [2.75, 3.05) is 0 Å². The first-order valence-electron chi connectivity index (χ1n) is 4.12. The monoisotopic (exact) mass is 259 g/mol. The van der Waals surface area contributed by atoms with E-state index in [4.69, 9.17) is 10.8 Å². The molecule has 0 bridgehead atoms. The second-order valence-corrected chi connectivity index (χ2v) is 3.15. The number of aliphatic hydroxyl groups excluding tert-OH is 1. The third-order valence-electron chi connectivity index (χ3n) is 2.00. The molecule has 0 aliphatic rings. The average Bonchev–Trinajstić information content (AvgIpc) is 2.15. The molecule has 0 fully saturated rings. The van der Waals surface area contributed by atoms with Gasteiger partial charge in [-0.25, -0.2) is 17.6 Å². The maximum Gasteiger partial charge on any atom is 0.166 e. The van der Waals surface area contributed by atoms with Crippen LogP contribution in [0.15, 0.2) is 6.07 Å². The van der Waals surface area contributed by atoms with Crippen LogP contribution in [0.4, 0.5) is 17.6 Å². The van der Waals surface area contributed by atoms with Gasteiger partial charge < -0.3 is 10.8 Å². The third kappa shape index (κ3) is 2.63. The van der Waals surface area contributed by atoms with Crippen LogP contribution in [-0.2, 0) is 0 Å². The van der Waals surface area contributed by atoms with Gasteiger partial charge in [-0.15, -0.1) is 12.4 Å². The lowest BCUT2D eigenvalue weighted by molar-refractivity contribution is 0.159. The first-order valence-corrected chi connectivity index (χ1v) is 4.12. The first-order chi connectivity index (χ1) is 6.86. The molecule has 92 valence electrons. The van der Waals surface area contributed by atoms with E-state index in [9.17, 15) is 17.6 Å². The van der Waals surface area contributed by atoms with Gasteiger partial charge in [-0.1, -0.05) is 0 Å². The quantitative estimate of drug-likeness (QED) is 0.631. The van der Waals surface area contributed by atoms with Gasteiger partial charge in [0.15, 0.2) is 23.3 Å². The fourth-order valence-corrected chi connectivity index (χ4v) is 1.13. The van der Waals surface area contributed by atoms with E-state index in [0.717, 1.165) is 6.92 Å². The summed E-state index contributed by atoms with van der Waals surface area (Å²) in [5.74, 6) is -6.25. The number of nitrogens with two attached hydrogens (primary N) is 1. The summed E-state index contributed by atoms with van der Waals surface area (Å²) in [6.45, 7) is 1.16. The van der Waals surface area contributed by atoms with Crippen LogP contribution in [0.5, 0.6) is 0 Å². The molecule has 2 nitrogen and oxygen atoms in total. The molecular formula is C9H10ClF4NO. The van der Waals surface area contributed by atoms with E-state index in [1.165, 1.54) is 0 Å². The Morgan fingerprint density at radius 1 is 1.12 bits per heavy atom. The Kier molecular flexibility index (Phi) is 5.18. The van der Waals surface area contributed by atoms with Crippen LogP contribution in [0.3, 0.4) is 0 Å². The van der Waals surface area contributed by atoms with Crippen LogP contribution in [0.1, 0.15) is 18.5 Å². The number of hydrogen-bond donors (Lipinski definition) is 2. The summed E-state index contributed by atoms with van der Waals surface area (Å²) in [6.07, 6.45) is -1.32. The molecule has 0 aliphatic heterocycles. The second-order valence-electron chi connectivity index (χ2n) is 3.15. The van der Waals surface area contributed by atoms with Crippen LogP contribution in [-0.4, -0.2) is 11.2 Å². The van der Waals surface area contributed by atoms with Crippen molar-refractivity contribution in [3.8, 4) is 0 Å². The highest BCUT2D eigenvalue weighted by molar-refractivity contribution is 5.85. The van der Waals surface area contributed by atoms with Crippen molar-refractivity contribution >= 4 is 12.4 Å². The number of benzene rings is 1. The minimum Gasteiger partial charge on any atom is -0.391 e. The summed E-state index contributed by atoms with van der Waals surface area (Å²) in [5.41, 5.74) is 4.23. The van der Waals surface area contributed by atoms with Gasteiger partial charge in [0.1, 0.15) is 0 Å². The summed E-state index contributed by atoms with van der Waals surface area (Å²) in [6, 6.07) is -1.43. The lowest BCUT2D eigenvalue weighted by Gasteiger charge is -2.17. The fourth-order valence-electron chi connectivity index (χ4n) is 1.13. The van der Waals surface area contributed by atoms with Gasteiger partial charge in [0.25, 0.3) is 0 Å². The number of aliphatic hydroxyl groups is 1. The van der Waals surface area contributed by atoms with Crippen LogP contribution in [0.25, 0.3) is 0 Å². The van der Waals surface area contributed by atoms with Crippen molar-refractivity contribution in [3.05, 3.63) is 34.9 Å². The fraction of sp³-hybridized carbons (Fsp3) is 0.333. The number of hydrogen-bond acceptors (Lipinski definition) is 2. The molecule has 0 amide bonds. The summed E-state index contributed by atoms with van der Waals surface area (Å²) >= 11 is 0. The van der Waals surface area contributed by atoms with Gasteiger partial charge in [-0.3, -0.25) is 0 Å². The molecule has 0 aromatic heterocycles. The molecule has 1 rings (SSSR count). The average molecular weight is 260 g/mol. The van der Waals surface area contributed by atoms with E-state index < -0.39 is 41.0 Å². The third-order valence-corrected chi connectivity index (χ3v) is 2.00. The smallest absolute Gasteiger partial charge is 0.166 e. The molecule has 2 atom stereocenters.